The summed E-state index contributed by atoms with van der Waals surface area (Å²) in [6.45, 7) is 1.89. The maximum Gasteiger partial charge on any atom is 0.163 e. The van der Waals surface area contributed by atoms with Gasteiger partial charge in [-0.15, -0.1) is 11.6 Å². The second-order valence-corrected chi connectivity index (χ2v) is 5.63. The van der Waals surface area contributed by atoms with Crippen LogP contribution in [0.4, 0.5) is 4.39 Å². The molecule has 0 unspecified atom stereocenters. The first-order valence-electron chi connectivity index (χ1n) is 6.44. The van der Waals surface area contributed by atoms with Crippen LogP contribution in [-0.2, 0) is 13.5 Å². The van der Waals surface area contributed by atoms with Gasteiger partial charge < -0.3 is 0 Å². The minimum atomic E-state index is -0.393. The van der Waals surface area contributed by atoms with Crippen molar-refractivity contribution in [3.8, 4) is 5.69 Å². The van der Waals surface area contributed by atoms with E-state index in [1.165, 1.54) is 12.1 Å². The molecule has 0 N–H and O–H groups in total. The van der Waals surface area contributed by atoms with Crippen molar-refractivity contribution in [2.75, 3.05) is 5.88 Å². The highest BCUT2D eigenvalue weighted by Crippen LogP contribution is 2.26. The molecular weight excluding hydrogens is 314 g/mol. The lowest BCUT2D eigenvalue weighted by Gasteiger charge is -2.10. The summed E-state index contributed by atoms with van der Waals surface area (Å²) in [6.07, 6.45) is 0.573. The molecule has 3 rings (SSSR count). The third kappa shape index (κ3) is 2.40. The Hall–Kier alpha value is -1.59. The van der Waals surface area contributed by atoms with E-state index in [4.69, 9.17) is 23.2 Å². The van der Waals surface area contributed by atoms with Crippen LogP contribution in [0.2, 0.25) is 5.02 Å². The monoisotopic (exact) mass is 326 g/mol. The predicted octanol–water partition coefficient (Wildman–Crippen LogP) is 3.64. The Bertz CT molecular complexity index is 802. The fourth-order valence-electron chi connectivity index (χ4n) is 2.51. The van der Waals surface area contributed by atoms with Crippen molar-refractivity contribution in [2.45, 2.75) is 13.3 Å². The number of rotatable bonds is 3. The molecule has 0 bridgehead atoms. The molecule has 1 aromatic carbocycles. The first-order chi connectivity index (χ1) is 10.0. The van der Waals surface area contributed by atoms with Crippen LogP contribution in [0.3, 0.4) is 0 Å². The van der Waals surface area contributed by atoms with Gasteiger partial charge in [0.05, 0.1) is 11.4 Å². The molecule has 0 saturated heterocycles. The molecule has 0 saturated carbocycles. The molecule has 0 fully saturated rings. The fraction of sp³-hybridized carbons (Fsp3) is 0.286. The number of fused-ring (bicyclic) bond motifs is 1. The lowest BCUT2D eigenvalue weighted by atomic mass is 10.3. The molecule has 3 aromatic rings. The van der Waals surface area contributed by atoms with Gasteiger partial charge in [-0.3, -0.25) is 4.57 Å². The van der Waals surface area contributed by atoms with Crippen molar-refractivity contribution >= 4 is 34.4 Å². The van der Waals surface area contributed by atoms with Crippen LogP contribution in [0.25, 0.3) is 16.9 Å². The molecule has 0 radical (unpaired) electrons. The number of hydrogen-bond donors (Lipinski definition) is 0. The highest BCUT2D eigenvalue weighted by atomic mass is 35.5. The molecular formula is C14H13Cl2FN4. The van der Waals surface area contributed by atoms with E-state index in [2.05, 4.69) is 10.1 Å². The van der Waals surface area contributed by atoms with Gasteiger partial charge in [-0.05, 0) is 25.1 Å². The zero-order valence-electron chi connectivity index (χ0n) is 11.6. The maximum absolute atomic E-state index is 13.7. The van der Waals surface area contributed by atoms with Gasteiger partial charge in [0.1, 0.15) is 17.2 Å². The molecule has 7 heteroatoms. The highest BCUT2D eigenvalue weighted by Gasteiger charge is 2.18. The average Bonchev–Trinajstić information content (AvgIpc) is 2.88. The smallest absolute Gasteiger partial charge is 0.163 e. The SMILES string of the molecule is Cc1nn(C)c2c1nc(CCCl)n2-c1cc(F)cc(Cl)c1. The second-order valence-electron chi connectivity index (χ2n) is 4.81. The molecule has 0 atom stereocenters. The molecule has 110 valence electrons. The van der Waals surface area contributed by atoms with Gasteiger partial charge in [0.15, 0.2) is 5.65 Å². The van der Waals surface area contributed by atoms with Gasteiger partial charge in [-0.25, -0.2) is 14.1 Å². The zero-order valence-corrected chi connectivity index (χ0v) is 13.1. The minimum absolute atomic E-state index is 0.336. The van der Waals surface area contributed by atoms with Crippen LogP contribution in [0.1, 0.15) is 11.5 Å². The van der Waals surface area contributed by atoms with E-state index in [0.29, 0.717) is 23.0 Å². The lowest BCUT2D eigenvalue weighted by Crippen LogP contribution is -2.06. The van der Waals surface area contributed by atoms with Crippen molar-refractivity contribution in [1.82, 2.24) is 19.3 Å². The van der Waals surface area contributed by atoms with E-state index in [0.717, 1.165) is 22.7 Å². The van der Waals surface area contributed by atoms with E-state index in [1.54, 1.807) is 10.7 Å². The summed E-state index contributed by atoms with van der Waals surface area (Å²) < 4.78 is 17.3. The average molecular weight is 327 g/mol. The van der Waals surface area contributed by atoms with Crippen molar-refractivity contribution < 1.29 is 4.39 Å². The number of alkyl halides is 1. The number of aryl methyl sites for hydroxylation is 3. The standard InChI is InChI=1S/C14H13Cl2FN4/c1-8-13-14(20(2)19-8)21(12(18-13)3-4-15)11-6-9(16)5-10(17)7-11/h5-7H,3-4H2,1-2H3. The molecule has 0 amide bonds. The van der Waals surface area contributed by atoms with Crippen LogP contribution in [0.5, 0.6) is 0 Å². The Morgan fingerprint density at radius 3 is 2.71 bits per heavy atom. The molecule has 2 aromatic heterocycles. The topological polar surface area (TPSA) is 35.6 Å². The summed E-state index contributed by atoms with van der Waals surface area (Å²) in [5, 5.41) is 4.69. The Labute approximate surface area is 131 Å². The molecule has 0 spiro atoms. The van der Waals surface area contributed by atoms with Crippen LogP contribution in [-0.4, -0.2) is 25.2 Å². The normalized spacial score (nSPS) is 11.5. The summed E-state index contributed by atoms with van der Waals surface area (Å²) in [7, 11) is 1.83. The van der Waals surface area contributed by atoms with Gasteiger partial charge in [0.25, 0.3) is 0 Å². The van der Waals surface area contributed by atoms with E-state index in [-0.39, 0.29) is 0 Å². The van der Waals surface area contributed by atoms with E-state index in [1.807, 2.05) is 18.5 Å². The Kier molecular flexibility index (Phi) is 3.63. The predicted molar refractivity (Wildman–Crippen MR) is 82.0 cm³/mol. The Morgan fingerprint density at radius 1 is 1.29 bits per heavy atom. The number of benzene rings is 1. The van der Waals surface area contributed by atoms with Gasteiger partial charge in [-0.1, -0.05) is 11.6 Å². The molecule has 0 aliphatic rings. The molecule has 21 heavy (non-hydrogen) atoms. The van der Waals surface area contributed by atoms with E-state index in [9.17, 15) is 4.39 Å². The number of nitrogens with zero attached hydrogens (tertiary/aromatic N) is 4. The molecule has 0 aliphatic carbocycles. The van der Waals surface area contributed by atoms with Gasteiger partial charge in [0.2, 0.25) is 0 Å². The highest BCUT2D eigenvalue weighted by molar-refractivity contribution is 6.30. The third-order valence-corrected chi connectivity index (χ3v) is 3.70. The second kappa shape index (κ2) is 5.31. The van der Waals surface area contributed by atoms with Gasteiger partial charge in [0, 0.05) is 24.4 Å². The van der Waals surface area contributed by atoms with Crippen molar-refractivity contribution in [2.24, 2.45) is 7.05 Å². The summed E-state index contributed by atoms with van der Waals surface area (Å²) >= 11 is 11.8. The summed E-state index contributed by atoms with van der Waals surface area (Å²) in [4.78, 5) is 4.59. The van der Waals surface area contributed by atoms with Crippen molar-refractivity contribution in [3.63, 3.8) is 0 Å². The first-order valence-corrected chi connectivity index (χ1v) is 7.36. The van der Waals surface area contributed by atoms with Crippen molar-refractivity contribution in [1.29, 1.82) is 0 Å². The number of aromatic nitrogens is 4. The fourth-order valence-corrected chi connectivity index (χ4v) is 2.89. The minimum Gasteiger partial charge on any atom is -0.281 e. The van der Waals surface area contributed by atoms with Gasteiger partial charge in [-0.2, -0.15) is 5.10 Å². The zero-order chi connectivity index (χ0) is 15.1. The van der Waals surface area contributed by atoms with Crippen LogP contribution < -0.4 is 0 Å². The quantitative estimate of drug-likeness (QED) is 0.689. The largest absolute Gasteiger partial charge is 0.281 e. The number of imidazole rings is 1. The Balaban J connectivity index is 2.35. The van der Waals surface area contributed by atoms with Gasteiger partial charge >= 0.3 is 0 Å². The molecule has 0 aliphatic heterocycles. The number of hydrogen-bond acceptors (Lipinski definition) is 2. The van der Waals surface area contributed by atoms with Crippen LogP contribution >= 0.6 is 23.2 Å². The summed E-state index contributed by atoms with van der Waals surface area (Å²) in [5.74, 6) is 0.798. The van der Waals surface area contributed by atoms with Crippen LogP contribution in [0.15, 0.2) is 18.2 Å². The summed E-state index contributed by atoms with van der Waals surface area (Å²) in [5.41, 5.74) is 3.03. The van der Waals surface area contributed by atoms with E-state index < -0.39 is 5.82 Å². The third-order valence-electron chi connectivity index (χ3n) is 3.30. The van der Waals surface area contributed by atoms with Crippen LogP contribution in [0, 0.1) is 12.7 Å². The number of halogens is 3. The Morgan fingerprint density at radius 2 is 2.05 bits per heavy atom. The van der Waals surface area contributed by atoms with E-state index >= 15 is 0 Å². The lowest BCUT2D eigenvalue weighted by molar-refractivity contribution is 0.626. The first kappa shape index (κ1) is 14.4. The summed E-state index contributed by atoms with van der Waals surface area (Å²) in [6, 6.07) is 4.40. The van der Waals surface area contributed by atoms with Crippen molar-refractivity contribution in [3.05, 3.63) is 40.6 Å². The molecule has 4 nitrogen and oxygen atoms in total. The maximum atomic E-state index is 13.7. The molecule has 2 heterocycles.